The van der Waals surface area contributed by atoms with E-state index in [1.165, 1.54) is 0 Å². The van der Waals surface area contributed by atoms with Gasteiger partial charge < -0.3 is 5.32 Å². The fourth-order valence-electron chi connectivity index (χ4n) is 2.85. The molecule has 0 bridgehead atoms. The van der Waals surface area contributed by atoms with E-state index >= 15 is 0 Å². The molecule has 1 amide bonds. The molecule has 0 spiro atoms. The standard InChI is InChI=1S/C18H17N5O/c1-11-7-19-17(20-8-11)23-9-15(21-10-23)12-4-5-13-14(6-12)22-16(24)18(13,2)3/h4-10H,1-3H3,(H,22,24). The molecule has 0 saturated carbocycles. The summed E-state index contributed by atoms with van der Waals surface area (Å²) in [5.74, 6) is 0.600. The van der Waals surface area contributed by atoms with Crippen LogP contribution in [-0.4, -0.2) is 25.4 Å². The number of fused-ring (bicyclic) bond motifs is 1. The van der Waals surface area contributed by atoms with E-state index < -0.39 is 5.41 Å². The number of benzene rings is 1. The van der Waals surface area contributed by atoms with E-state index in [0.717, 1.165) is 28.1 Å². The van der Waals surface area contributed by atoms with Gasteiger partial charge in [-0.1, -0.05) is 12.1 Å². The zero-order valence-electron chi connectivity index (χ0n) is 13.7. The van der Waals surface area contributed by atoms with Crippen LogP contribution in [0.2, 0.25) is 0 Å². The van der Waals surface area contributed by atoms with Crippen LogP contribution in [0.25, 0.3) is 17.2 Å². The van der Waals surface area contributed by atoms with Crippen molar-refractivity contribution in [3.05, 3.63) is 54.2 Å². The number of hydrogen-bond donors (Lipinski definition) is 1. The van der Waals surface area contributed by atoms with Gasteiger partial charge in [0, 0.05) is 29.8 Å². The van der Waals surface area contributed by atoms with Gasteiger partial charge in [-0.15, -0.1) is 0 Å². The molecule has 4 rings (SSSR count). The van der Waals surface area contributed by atoms with Gasteiger partial charge in [-0.05, 0) is 38.0 Å². The van der Waals surface area contributed by atoms with Crippen molar-refractivity contribution < 1.29 is 4.79 Å². The molecule has 6 nitrogen and oxygen atoms in total. The van der Waals surface area contributed by atoms with Gasteiger partial charge in [-0.2, -0.15) is 0 Å². The first-order valence-electron chi connectivity index (χ1n) is 7.74. The highest BCUT2D eigenvalue weighted by molar-refractivity contribution is 6.06. The van der Waals surface area contributed by atoms with Crippen molar-refractivity contribution in [2.75, 3.05) is 5.32 Å². The fraction of sp³-hybridized carbons (Fsp3) is 0.222. The number of rotatable bonds is 2. The largest absolute Gasteiger partial charge is 0.325 e. The molecule has 1 N–H and O–H groups in total. The predicted molar refractivity (Wildman–Crippen MR) is 91.0 cm³/mol. The third-order valence-electron chi connectivity index (χ3n) is 4.39. The Kier molecular flexibility index (Phi) is 3.03. The predicted octanol–water partition coefficient (Wildman–Crippen LogP) is 2.87. The second kappa shape index (κ2) is 4.99. The summed E-state index contributed by atoms with van der Waals surface area (Å²) < 4.78 is 1.78. The quantitative estimate of drug-likeness (QED) is 0.788. The first-order chi connectivity index (χ1) is 11.4. The molecule has 0 unspecified atom stereocenters. The third kappa shape index (κ3) is 2.19. The summed E-state index contributed by atoms with van der Waals surface area (Å²) >= 11 is 0. The Hall–Kier alpha value is -3.02. The van der Waals surface area contributed by atoms with Crippen molar-refractivity contribution in [1.82, 2.24) is 19.5 Å². The first kappa shape index (κ1) is 14.6. The molecule has 2 aromatic heterocycles. The van der Waals surface area contributed by atoms with Gasteiger partial charge in [0.15, 0.2) is 0 Å². The normalized spacial score (nSPS) is 15.2. The molecular formula is C18H17N5O. The maximum absolute atomic E-state index is 12.1. The van der Waals surface area contributed by atoms with E-state index in [4.69, 9.17) is 0 Å². The lowest BCUT2D eigenvalue weighted by molar-refractivity contribution is -0.119. The second-order valence-electron chi connectivity index (χ2n) is 6.57. The Morgan fingerprint density at radius 2 is 1.88 bits per heavy atom. The first-order valence-corrected chi connectivity index (χ1v) is 7.74. The minimum Gasteiger partial charge on any atom is -0.325 e. The van der Waals surface area contributed by atoms with Crippen molar-refractivity contribution in [3.63, 3.8) is 0 Å². The summed E-state index contributed by atoms with van der Waals surface area (Å²) in [4.78, 5) is 25.1. The van der Waals surface area contributed by atoms with Crippen LogP contribution in [0.3, 0.4) is 0 Å². The Morgan fingerprint density at radius 1 is 1.12 bits per heavy atom. The molecule has 1 aliphatic rings. The molecular weight excluding hydrogens is 302 g/mol. The van der Waals surface area contributed by atoms with E-state index in [-0.39, 0.29) is 5.91 Å². The Balaban J connectivity index is 1.70. The van der Waals surface area contributed by atoms with E-state index in [9.17, 15) is 4.79 Å². The Bertz CT molecular complexity index is 940. The maximum Gasteiger partial charge on any atom is 0.234 e. The maximum atomic E-state index is 12.1. The molecule has 0 aliphatic carbocycles. The number of hydrogen-bond acceptors (Lipinski definition) is 4. The number of aromatic nitrogens is 4. The number of imidazole rings is 1. The van der Waals surface area contributed by atoms with Crippen LogP contribution in [0.15, 0.2) is 43.1 Å². The summed E-state index contributed by atoms with van der Waals surface area (Å²) in [7, 11) is 0. The van der Waals surface area contributed by atoms with Gasteiger partial charge in [0.2, 0.25) is 11.9 Å². The van der Waals surface area contributed by atoms with Gasteiger partial charge in [-0.3, -0.25) is 9.36 Å². The van der Waals surface area contributed by atoms with Gasteiger partial charge >= 0.3 is 0 Å². The molecule has 1 aromatic carbocycles. The molecule has 0 radical (unpaired) electrons. The third-order valence-corrected chi connectivity index (χ3v) is 4.39. The van der Waals surface area contributed by atoms with Gasteiger partial charge in [0.05, 0.1) is 11.1 Å². The minimum atomic E-state index is -0.497. The van der Waals surface area contributed by atoms with Crippen molar-refractivity contribution in [1.29, 1.82) is 0 Å². The summed E-state index contributed by atoms with van der Waals surface area (Å²) in [5, 5.41) is 2.94. The van der Waals surface area contributed by atoms with Crippen molar-refractivity contribution in [2.24, 2.45) is 0 Å². The lowest BCUT2D eigenvalue weighted by atomic mass is 9.86. The monoisotopic (exact) mass is 319 g/mol. The van der Waals surface area contributed by atoms with Gasteiger partial charge in [0.1, 0.15) is 6.33 Å². The highest BCUT2D eigenvalue weighted by Crippen LogP contribution is 2.39. The van der Waals surface area contributed by atoms with Crippen LogP contribution in [0.1, 0.15) is 25.0 Å². The van der Waals surface area contributed by atoms with Gasteiger partial charge in [-0.25, -0.2) is 15.0 Å². The van der Waals surface area contributed by atoms with Crippen LogP contribution in [0, 0.1) is 6.92 Å². The molecule has 24 heavy (non-hydrogen) atoms. The fourth-order valence-corrected chi connectivity index (χ4v) is 2.85. The Morgan fingerprint density at radius 3 is 2.62 bits per heavy atom. The molecule has 0 fully saturated rings. The number of nitrogens with zero attached hydrogens (tertiary/aromatic N) is 4. The summed E-state index contributed by atoms with van der Waals surface area (Å²) in [6.45, 7) is 5.80. The van der Waals surface area contributed by atoms with Crippen LogP contribution in [0.5, 0.6) is 0 Å². The number of carbonyl (C=O) groups excluding carboxylic acids is 1. The van der Waals surface area contributed by atoms with Crippen LogP contribution in [0.4, 0.5) is 5.69 Å². The summed E-state index contributed by atoms with van der Waals surface area (Å²) in [6.07, 6.45) is 7.12. The molecule has 0 atom stereocenters. The number of carbonyl (C=O) groups is 1. The van der Waals surface area contributed by atoms with Crippen LogP contribution in [-0.2, 0) is 10.2 Å². The van der Waals surface area contributed by atoms with Crippen molar-refractivity contribution in [3.8, 4) is 17.2 Å². The van der Waals surface area contributed by atoms with Crippen molar-refractivity contribution in [2.45, 2.75) is 26.2 Å². The van der Waals surface area contributed by atoms with E-state index in [1.54, 1.807) is 23.3 Å². The van der Waals surface area contributed by atoms with E-state index in [1.807, 2.05) is 45.2 Å². The zero-order valence-corrected chi connectivity index (χ0v) is 13.7. The molecule has 3 aromatic rings. The van der Waals surface area contributed by atoms with Crippen molar-refractivity contribution >= 4 is 11.6 Å². The molecule has 120 valence electrons. The average Bonchev–Trinajstić information content (AvgIpc) is 3.12. The Labute approximate surface area is 139 Å². The number of aryl methyl sites for hydroxylation is 1. The second-order valence-corrected chi connectivity index (χ2v) is 6.57. The smallest absolute Gasteiger partial charge is 0.234 e. The topological polar surface area (TPSA) is 72.7 Å². The van der Waals surface area contributed by atoms with Crippen LogP contribution < -0.4 is 5.32 Å². The number of anilines is 1. The van der Waals surface area contributed by atoms with Gasteiger partial charge in [0.25, 0.3) is 0 Å². The summed E-state index contributed by atoms with van der Waals surface area (Å²) in [6, 6.07) is 5.94. The minimum absolute atomic E-state index is 0.0215. The lowest BCUT2D eigenvalue weighted by Crippen LogP contribution is -2.26. The molecule has 3 heterocycles. The molecule has 0 saturated heterocycles. The highest BCUT2D eigenvalue weighted by Gasteiger charge is 2.38. The van der Waals surface area contributed by atoms with E-state index in [0.29, 0.717) is 5.95 Å². The number of amides is 1. The average molecular weight is 319 g/mol. The zero-order chi connectivity index (χ0) is 16.9. The number of nitrogens with one attached hydrogen (secondary N) is 1. The SMILES string of the molecule is Cc1cnc(-n2cnc(-c3ccc4c(c3)NC(=O)C4(C)C)c2)nc1. The summed E-state index contributed by atoms with van der Waals surface area (Å²) in [5.41, 5.74) is 4.12. The van der Waals surface area contributed by atoms with Crippen LogP contribution >= 0.6 is 0 Å². The van der Waals surface area contributed by atoms with E-state index in [2.05, 4.69) is 20.3 Å². The lowest BCUT2D eigenvalue weighted by Gasteiger charge is -2.14. The molecule has 6 heteroatoms. The molecule has 1 aliphatic heterocycles. The highest BCUT2D eigenvalue weighted by atomic mass is 16.2.